The van der Waals surface area contributed by atoms with Gasteiger partial charge in [0.1, 0.15) is 0 Å². The molecule has 2 nitrogen and oxygen atoms in total. The fourth-order valence-electron chi connectivity index (χ4n) is 1.47. The summed E-state index contributed by atoms with van der Waals surface area (Å²) >= 11 is 0. The molecule has 1 aromatic carbocycles. The molecule has 0 spiro atoms. The van der Waals surface area contributed by atoms with Gasteiger partial charge >= 0.3 is 21.7 Å². The van der Waals surface area contributed by atoms with Gasteiger partial charge in [0, 0.05) is 5.76 Å². The Kier molecular flexibility index (Phi) is 31.5. The minimum absolute atomic E-state index is 0. The van der Waals surface area contributed by atoms with Gasteiger partial charge in [-0.1, -0.05) is 63.1 Å². The van der Waals surface area contributed by atoms with Gasteiger partial charge in [0.2, 0.25) is 0 Å². The molecule has 0 aliphatic heterocycles. The van der Waals surface area contributed by atoms with Crippen LogP contribution < -0.4 is 24.8 Å². The maximum atomic E-state index is 6.94. The Labute approximate surface area is 181 Å². The molecule has 0 amide bonds. The zero-order valence-electron chi connectivity index (χ0n) is 14.8. The molecule has 1 N–H and O–H groups in total. The van der Waals surface area contributed by atoms with Gasteiger partial charge in [0.15, 0.2) is 0 Å². The van der Waals surface area contributed by atoms with Crippen molar-refractivity contribution >= 4 is 16.5 Å². The van der Waals surface area contributed by atoms with Gasteiger partial charge < -0.3 is 50.1 Å². The molecule has 6 heteroatoms. The number of hydrogen-bond donors (Lipinski definition) is 0. The van der Waals surface area contributed by atoms with Crippen LogP contribution >= 0.6 is 0 Å². The molecule has 0 heterocycles. The van der Waals surface area contributed by atoms with Crippen molar-refractivity contribution in [1.29, 1.82) is 0 Å². The molecule has 0 fully saturated rings. The Morgan fingerprint density at radius 2 is 1.46 bits per heavy atom. The molecule has 0 saturated carbocycles. The monoisotopic (exact) mass is 423 g/mol. The van der Waals surface area contributed by atoms with Crippen molar-refractivity contribution in [1.82, 2.24) is 0 Å². The van der Waals surface area contributed by atoms with Crippen LogP contribution in [0.4, 0.5) is 0 Å². The van der Waals surface area contributed by atoms with E-state index in [1.807, 2.05) is 45.0 Å². The zero-order chi connectivity index (χ0) is 13.6. The van der Waals surface area contributed by atoms with Crippen LogP contribution in [0.1, 0.15) is 32.8 Å². The molecule has 0 saturated heterocycles. The molecular formula is C18H31Cl2NOSiTi-4. The van der Waals surface area contributed by atoms with E-state index >= 15 is 0 Å². The molecular weight excluding hydrogens is 393 g/mol. The van der Waals surface area contributed by atoms with E-state index in [-0.39, 0.29) is 77.9 Å². The molecule has 1 aliphatic rings. The Bertz CT molecular complexity index is 440. The summed E-state index contributed by atoms with van der Waals surface area (Å²) in [7, 11) is 1.71. The third-order valence-electron chi connectivity index (χ3n) is 2.14. The number of nitrogens with one attached hydrogen (secondary N) is 1. The van der Waals surface area contributed by atoms with E-state index < -0.39 is 0 Å². The van der Waals surface area contributed by atoms with Gasteiger partial charge in [-0.25, -0.2) is 6.08 Å². The van der Waals surface area contributed by atoms with Crippen LogP contribution in [-0.4, -0.2) is 23.6 Å². The molecule has 0 unspecified atom stereocenters. The van der Waals surface area contributed by atoms with E-state index in [1.54, 1.807) is 7.11 Å². The maximum Gasteiger partial charge on any atom is 2.00 e. The second-order valence-corrected chi connectivity index (χ2v) is 5.18. The zero-order valence-corrected chi connectivity index (χ0v) is 17.9. The Morgan fingerprint density at radius 3 is 1.83 bits per heavy atom. The van der Waals surface area contributed by atoms with Crippen LogP contribution in [-0.2, 0) is 26.5 Å². The number of hydrogen-bond acceptors (Lipinski definition) is 1. The Hall–Kier alpha value is -0.0288. The average Bonchev–Trinajstić information content (AvgIpc) is 2.76. The summed E-state index contributed by atoms with van der Waals surface area (Å²) in [5.74, 6) is 1.01. The third kappa shape index (κ3) is 16.8. The first-order chi connectivity index (χ1) is 8.42. The SMILES string of the molecule is CC(C)(C)[NH-].COC1=C(c2ccccc2)C=[C-]C1.[CH3-].[CH3-].[Cl-].[Cl-].[SiH4].[Ti+2]. The van der Waals surface area contributed by atoms with Gasteiger partial charge in [-0.15, -0.1) is 11.1 Å². The van der Waals surface area contributed by atoms with E-state index in [2.05, 4.69) is 18.2 Å². The quantitative estimate of drug-likeness (QED) is 0.404. The molecule has 0 aromatic heterocycles. The van der Waals surface area contributed by atoms with Crippen LogP contribution in [0.25, 0.3) is 11.3 Å². The molecule has 0 bridgehead atoms. The first-order valence-corrected chi connectivity index (χ1v) is 6.06. The minimum Gasteiger partial charge on any atom is -1.00 e. The summed E-state index contributed by atoms with van der Waals surface area (Å²) in [4.78, 5) is 0. The summed E-state index contributed by atoms with van der Waals surface area (Å²) in [5.41, 5.74) is 9.04. The number of benzene rings is 1. The first-order valence-electron chi connectivity index (χ1n) is 6.06. The minimum atomic E-state index is -0.250. The third-order valence-corrected chi connectivity index (χ3v) is 2.14. The van der Waals surface area contributed by atoms with Crippen LogP contribution in [0, 0.1) is 20.9 Å². The number of rotatable bonds is 2. The predicted molar refractivity (Wildman–Crippen MR) is 101 cm³/mol. The smallest absolute Gasteiger partial charge is 1.00 e. The molecule has 0 atom stereocenters. The molecule has 0 radical (unpaired) electrons. The molecule has 1 aromatic rings. The predicted octanol–water partition coefficient (Wildman–Crippen LogP) is -1.90. The molecule has 2 rings (SSSR count). The van der Waals surface area contributed by atoms with Gasteiger partial charge in [-0.3, -0.25) is 6.08 Å². The Morgan fingerprint density at radius 1 is 1.04 bits per heavy atom. The largest absolute Gasteiger partial charge is 2.00 e. The second-order valence-electron chi connectivity index (χ2n) is 5.18. The van der Waals surface area contributed by atoms with Crippen molar-refractivity contribution < 1.29 is 51.3 Å². The molecule has 24 heavy (non-hydrogen) atoms. The van der Waals surface area contributed by atoms with Crippen molar-refractivity contribution in [3.05, 3.63) is 74.4 Å². The number of halogens is 2. The Balaban J connectivity index is -0.0000000667. The summed E-state index contributed by atoms with van der Waals surface area (Å²) in [5, 5.41) is 0. The van der Waals surface area contributed by atoms with Crippen molar-refractivity contribution in [3.8, 4) is 0 Å². The van der Waals surface area contributed by atoms with Crippen molar-refractivity contribution in [2.45, 2.75) is 32.7 Å². The van der Waals surface area contributed by atoms with E-state index in [0.717, 1.165) is 17.8 Å². The van der Waals surface area contributed by atoms with Crippen LogP contribution in [0.5, 0.6) is 0 Å². The second kappa shape index (κ2) is 19.3. The fraction of sp³-hybridized carbons (Fsp3) is 0.333. The summed E-state index contributed by atoms with van der Waals surface area (Å²) in [6, 6.07) is 10.2. The van der Waals surface area contributed by atoms with Crippen molar-refractivity contribution in [2.75, 3.05) is 7.11 Å². The van der Waals surface area contributed by atoms with Gasteiger partial charge in [0.05, 0.1) is 7.11 Å². The van der Waals surface area contributed by atoms with Gasteiger partial charge in [0.25, 0.3) is 0 Å². The van der Waals surface area contributed by atoms with Gasteiger partial charge in [-0.05, 0) is 11.0 Å². The molecule has 140 valence electrons. The number of methoxy groups -OCH3 is 1. The number of ether oxygens (including phenoxy) is 1. The van der Waals surface area contributed by atoms with Crippen molar-refractivity contribution in [3.63, 3.8) is 0 Å². The standard InChI is InChI=1S/C12H11O.C4H10N.2CH3.2ClH.H4Si.Ti/c1-13-12-9-5-8-11(12)10-6-3-2-4-7-10;1-4(2,3)5;;;;;;/h2-4,6-8H,9H2,1H3;5H,1-3H3;2*1H3;2*1H;1H4;/q4*-1;;;;+2/p-2. The maximum absolute atomic E-state index is 6.94. The van der Waals surface area contributed by atoms with Crippen LogP contribution in [0.3, 0.4) is 0 Å². The number of allylic oxidation sites excluding steroid dienone is 3. The summed E-state index contributed by atoms with van der Waals surface area (Å²) in [6.45, 7) is 5.56. The van der Waals surface area contributed by atoms with Gasteiger partial charge in [-0.2, -0.15) is 0 Å². The van der Waals surface area contributed by atoms with E-state index in [1.165, 1.54) is 5.56 Å². The summed E-state index contributed by atoms with van der Waals surface area (Å²) < 4.78 is 5.26. The van der Waals surface area contributed by atoms with Crippen molar-refractivity contribution in [2.24, 2.45) is 0 Å². The van der Waals surface area contributed by atoms with Crippen LogP contribution in [0.15, 0.2) is 42.2 Å². The topological polar surface area (TPSA) is 33.0 Å². The first kappa shape index (κ1) is 39.2. The fourth-order valence-corrected chi connectivity index (χ4v) is 1.47. The normalized spacial score (nSPS) is 10.7. The summed E-state index contributed by atoms with van der Waals surface area (Å²) in [6.07, 6.45) is 5.93. The van der Waals surface area contributed by atoms with E-state index in [0.29, 0.717) is 0 Å². The van der Waals surface area contributed by atoms with E-state index in [9.17, 15) is 0 Å². The molecule has 1 aliphatic carbocycles. The van der Waals surface area contributed by atoms with E-state index in [4.69, 9.17) is 10.5 Å². The average molecular weight is 424 g/mol. The van der Waals surface area contributed by atoms with Crippen LogP contribution in [0.2, 0.25) is 0 Å².